The highest BCUT2D eigenvalue weighted by atomic mass is 79.9. The van der Waals surface area contributed by atoms with Crippen LogP contribution < -0.4 is 5.32 Å². The molecule has 0 saturated heterocycles. The Balaban J connectivity index is 1.79. The van der Waals surface area contributed by atoms with E-state index in [1.165, 1.54) is 32.1 Å². The van der Waals surface area contributed by atoms with Crippen molar-refractivity contribution in [2.75, 3.05) is 11.9 Å². The molecule has 0 amide bonds. The first kappa shape index (κ1) is 13.9. The first-order valence-electron chi connectivity index (χ1n) is 7.06. The van der Waals surface area contributed by atoms with Crippen molar-refractivity contribution in [2.24, 2.45) is 11.8 Å². The van der Waals surface area contributed by atoms with Gasteiger partial charge in [0.25, 0.3) is 0 Å². The van der Waals surface area contributed by atoms with E-state index in [0.717, 1.165) is 34.4 Å². The third-order valence-corrected chi connectivity index (χ3v) is 4.98. The molecule has 0 bridgehead atoms. The zero-order valence-corrected chi connectivity index (χ0v) is 13.0. The topological polar surface area (TPSA) is 24.9 Å². The van der Waals surface area contributed by atoms with Crippen LogP contribution in [0.2, 0.25) is 0 Å². The van der Waals surface area contributed by atoms with E-state index in [9.17, 15) is 0 Å². The Morgan fingerprint density at radius 1 is 1.22 bits per heavy atom. The van der Waals surface area contributed by atoms with Crippen molar-refractivity contribution in [3.63, 3.8) is 0 Å². The number of aryl methyl sites for hydroxylation is 1. The van der Waals surface area contributed by atoms with Crippen LogP contribution in [-0.2, 0) is 0 Å². The van der Waals surface area contributed by atoms with Crippen molar-refractivity contribution in [3.05, 3.63) is 22.3 Å². The molecule has 1 aromatic heterocycles. The summed E-state index contributed by atoms with van der Waals surface area (Å²) < 4.78 is 1.08. The number of hydrogen-bond acceptors (Lipinski definition) is 2. The standard InChI is InChI=1S/C15H23BrN2/c1-3-12-4-6-13(7-5-12)10-17-15-9-8-14(16)11(2)18-15/h8-9,12-13H,3-7,10H2,1-2H3,(H,17,18). The van der Waals surface area contributed by atoms with Crippen molar-refractivity contribution in [1.29, 1.82) is 0 Å². The molecule has 0 spiro atoms. The number of nitrogens with one attached hydrogen (secondary N) is 1. The van der Waals surface area contributed by atoms with E-state index in [1.807, 2.05) is 6.92 Å². The first-order chi connectivity index (χ1) is 8.69. The lowest BCUT2D eigenvalue weighted by Gasteiger charge is -2.28. The molecule has 1 saturated carbocycles. The quantitative estimate of drug-likeness (QED) is 0.865. The van der Waals surface area contributed by atoms with Gasteiger partial charge in [-0.3, -0.25) is 0 Å². The van der Waals surface area contributed by atoms with Crippen molar-refractivity contribution >= 4 is 21.7 Å². The van der Waals surface area contributed by atoms with E-state index in [1.54, 1.807) is 0 Å². The Hall–Kier alpha value is -0.570. The van der Waals surface area contributed by atoms with Crippen LogP contribution in [0.3, 0.4) is 0 Å². The van der Waals surface area contributed by atoms with Gasteiger partial charge < -0.3 is 5.32 Å². The monoisotopic (exact) mass is 310 g/mol. The van der Waals surface area contributed by atoms with Gasteiger partial charge in [-0.05, 0) is 59.7 Å². The molecule has 0 aliphatic heterocycles. The summed E-state index contributed by atoms with van der Waals surface area (Å²) in [5.74, 6) is 2.82. The van der Waals surface area contributed by atoms with E-state index in [0.29, 0.717) is 0 Å². The van der Waals surface area contributed by atoms with Gasteiger partial charge in [0.1, 0.15) is 5.82 Å². The second-order valence-corrected chi connectivity index (χ2v) is 6.29. The molecule has 100 valence electrons. The molecule has 2 rings (SSSR count). The number of anilines is 1. The molecule has 0 atom stereocenters. The van der Waals surface area contributed by atoms with Crippen LogP contribution in [0.5, 0.6) is 0 Å². The Morgan fingerprint density at radius 3 is 2.50 bits per heavy atom. The highest BCUT2D eigenvalue weighted by Crippen LogP contribution is 2.30. The summed E-state index contributed by atoms with van der Waals surface area (Å²) in [7, 11) is 0. The van der Waals surface area contributed by atoms with Crippen LogP contribution in [0.4, 0.5) is 5.82 Å². The number of nitrogens with zero attached hydrogens (tertiary/aromatic N) is 1. The van der Waals surface area contributed by atoms with Crippen molar-refractivity contribution < 1.29 is 0 Å². The molecule has 1 aliphatic rings. The first-order valence-corrected chi connectivity index (χ1v) is 7.85. The highest BCUT2D eigenvalue weighted by Gasteiger charge is 2.19. The number of aromatic nitrogens is 1. The fraction of sp³-hybridized carbons (Fsp3) is 0.667. The van der Waals surface area contributed by atoms with E-state index < -0.39 is 0 Å². The lowest BCUT2D eigenvalue weighted by Crippen LogP contribution is -2.21. The Bertz CT molecular complexity index is 384. The van der Waals surface area contributed by atoms with Crippen LogP contribution >= 0.6 is 15.9 Å². The molecule has 2 nitrogen and oxygen atoms in total. The Morgan fingerprint density at radius 2 is 1.89 bits per heavy atom. The van der Waals surface area contributed by atoms with Crippen LogP contribution in [0.25, 0.3) is 0 Å². The van der Waals surface area contributed by atoms with E-state index in [-0.39, 0.29) is 0 Å². The predicted octanol–water partition coefficient (Wildman–Crippen LogP) is 4.78. The van der Waals surface area contributed by atoms with Crippen molar-refractivity contribution in [1.82, 2.24) is 4.98 Å². The van der Waals surface area contributed by atoms with E-state index in [2.05, 4.69) is 45.3 Å². The van der Waals surface area contributed by atoms with Crippen LogP contribution in [0.15, 0.2) is 16.6 Å². The maximum absolute atomic E-state index is 4.53. The minimum absolute atomic E-state index is 0.832. The normalized spacial score (nSPS) is 23.9. The third kappa shape index (κ3) is 3.71. The summed E-state index contributed by atoms with van der Waals surface area (Å²) >= 11 is 3.48. The molecule has 1 aromatic rings. The van der Waals surface area contributed by atoms with Crippen LogP contribution in [-0.4, -0.2) is 11.5 Å². The molecule has 1 aliphatic carbocycles. The summed E-state index contributed by atoms with van der Waals surface area (Å²) in [6, 6.07) is 4.12. The fourth-order valence-electron chi connectivity index (χ4n) is 2.74. The van der Waals surface area contributed by atoms with Gasteiger partial charge in [-0.15, -0.1) is 0 Å². The highest BCUT2D eigenvalue weighted by molar-refractivity contribution is 9.10. The van der Waals surface area contributed by atoms with Gasteiger partial charge in [-0.25, -0.2) is 4.98 Å². The molecule has 0 unspecified atom stereocenters. The zero-order valence-electron chi connectivity index (χ0n) is 11.4. The van der Waals surface area contributed by atoms with Gasteiger partial charge in [0.15, 0.2) is 0 Å². The van der Waals surface area contributed by atoms with Crippen molar-refractivity contribution in [2.45, 2.75) is 46.0 Å². The summed E-state index contributed by atoms with van der Waals surface area (Å²) in [6.45, 7) is 5.42. The number of rotatable bonds is 4. The minimum Gasteiger partial charge on any atom is -0.370 e. The molecule has 1 fully saturated rings. The molecular formula is C15H23BrN2. The Kier molecular flexibility index (Phi) is 5.04. The summed E-state index contributed by atoms with van der Waals surface area (Å²) in [5.41, 5.74) is 1.05. The SMILES string of the molecule is CCC1CCC(CNc2ccc(Br)c(C)n2)CC1. The van der Waals surface area contributed by atoms with Gasteiger partial charge >= 0.3 is 0 Å². The molecular weight excluding hydrogens is 288 g/mol. The molecule has 0 radical (unpaired) electrons. The second kappa shape index (κ2) is 6.55. The van der Waals surface area contributed by atoms with E-state index >= 15 is 0 Å². The molecule has 3 heteroatoms. The molecule has 18 heavy (non-hydrogen) atoms. The lowest BCUT2D eigenvalue weighted by molar-refractivity contribution is 0.278. The molecule has 0 aromatic carbocycles. The van der Waals surface area contributed by atoms with Crippen LogP contribution in [0, 0.1) is 18.8 Å². The number of halogens is 1. The summed E-state index contributed by atoms with van der Waals surface area (Å²) in [6.07, 6.45) is 6.93. The second-order valence-electron chi connectivity index (χ2n) is 5.44. The average Bonchev–Trinajstić information content (AvgIpc) is 2.41. The number of pyridine rings is 1. The zero-order chi connectivity index (χ0) is 13.0. The maximum atomic E-state index is 4.53. The van der Waals surface area contributed by atoms with Gasteiger partial charge in [0.05, 0.1) is 5.69 Å². The maximum Gasteiger partial charge on any atom is 0.126 e. The average molecular weight is 311 g/mol. The van der Waals surface area contributed by atoms with Gasteiger partial charge in [-0.2, -0.15) is 0 Å². The lowest BCUT2D eigenvalue weighted by atomic mass is 9.81. The van der Waals surface area contributed by atoms with Gasteiger partial charge in [0, 0.05) is 11.0 Å². The van der Waals surface area contributed by atoms with E-state index in [4.69, 9.17) is 0 Å². The van der Waals surface area contributed by atoms with Crippen molar-refractivity contribution in [3.8, 4) is 0 Å². The third-order valence-electron chi connectivity index (χ3n) is 4.14. The van der Waals surface area contributed by atoms with Gasteiger partial charge in [-0.1, -0.05) is 26.2 Å². The predicted molar refractivity (Wildman–Crippen MR) is 80.9 cm³/mol. The molecule has 1 heterocycles. The van der Waals surface area contributed by atoms with Crippen LogP contribution in [0.1, 0.15) is 44.7 Å². The summed E-state index contributed by atoms with van der Waals surface area (Å²) in [4.78, 5) is 4.53. The summed E-state index contributed by atoms with van der Waals surface area (Å²) in [5, 5.41) is 3.48. The number of hydrogen-bond donors (Lipinski definition) is 1. The van der Waals surface area contributed by atoms with Gasteiger partial charge in [0.2, 0.25) is 0 Å². The largest absolute Gasteiger partial charge is 0.370 e. The molecule has 1 N–H and O–H groups in total. The smallest absolute Gasteiger partial charge is 0.126 e. The fourth-order valence-corrected chi connectivity index (χ4v) is 2.96. The minimum atomic E-state index is 0.832. The Labute approximate surface area is 119 Å².